The molecule has 0 atom stereocenters. The smallest absolute Gasteiger partial charge is 0.338 e. The van der Waals surface area contributed by atoms with Gasteiger partial charge in [0, 0.05) is 4.88 Å². The van der Waals surface area contributed by atoms with E-state index in [0.29, 0.717) is 10.4 Å². The first-order chi connectivity index (χ1) is 10.1. The van der Waals surface area contributed by atoms with Gasteiger partial charge in [-0.1, -0.05) is 13.0 Å². The molecule has 0 fully saturated rings. The molecule has 0 saturated carbocycles. The summed E-state index contributed by atoms with van der Waals surface area (Å²) in [6.45, 7) is 1.72. The van der Waals surface area contributed by atoms with Gasteiger partial charge in [0.05, 0.1) is 22.1 Å². The molecule has 0 aliphatic rings. The predicted molar refractivity (Wildman–Crippen MR) is 79.5 cm³/mol. The summed E-state index contributed by atoms with van der Waals surface area (Å²) in [6, 6.07) is 11.8. The van der Waals surface area contributed by atoms with E-state index in [1.807, 2.05) is 19.1 Å². The first kappa shape index (κ1) is 14.9. The molecule has 2 aromatic rings. The van der Waals surface area contributed by atoms with E-state index in [9.17, 15) is 9.59 Å². The molecule has 1 aromatic carbocycles. The lowest BCUT2D eigenvalue weighted by molar-refractivity contribution is 0.0476. The number of nitrogens with zero attached hydrogens (tertiary/aromatic N) is 1. The van der Waals surface area contributed by atoms with Crippen LogP contribution in [-0.4, -0.2) is 18.4 Å². The number of ether oxygens (including phenoxy) is 1. The molecular weight excluding hydrogens is 286 g/mol. The van der Waals surface area contributed by atoms with Gasteiger partial charge in [0.15, 0.2) is 6.61 Å². The fourth-order valence-corrected chi connectivity index (χ4v) is 2.59. The number of esters is 1. The standard InChI is InChI=1S/C16H13NO3S/c1-2-13-6-7-15(21-13)14(18)10-20-16(19)12-5-3-4-11(8-12)9-17/h3-8H,2,10H2,1H3. The van der Waals surface area contributed by atoms with Gasteiger partial charge in [-0.05, 0) is 36.8 Å². The second-order valence-corrected chi connectivity index (χ2v) is 5.48. The Kier molecular flexibility index (Phi) is 4.85. The summed E-state index contributed by atoms with van der Waals surface area (Å²) < 4.78 is 5.00. The van der Waals surface area contributed by atoms with E-state index in [1.165, 1.54) is 17.4 Å². The molecule has 2 rings (SSSR count). The maximum absolute atomic E-state index is 11.9. The van der Waals surface area contributed by atoms with Crippen molar-refractivity contribution in [2.24, 2.45) is 0 Å². The third-order valence-electron chi connectivity index (χ3n) is 2.85. The first-order valence-corrected chi connectivity index (χ1v) is 7.25. The van der Waals surface area contributed by atoms with Gasteiger partial charge < -0.3 is 4.74 Å². The quantitative estimate of drug-likeness (QED) is 0.628. The van der Waals surface area contributed by atoms with Crippen molar-refractivity contribution in [2.45, 2.75) is 13.3 Å². The van der Waals surface area contributed by atoms with Crippen LogP contribution in [0, 0.1) is 11.3 Å². The van der Waals surface area contributed by atoms with Crippen molar-refractivity contribution >= 4 is 23.1 Å². The van der Waals surface area contributed by atoms with Gasteiger partial charge in [-0.25, -0.2) is 4.79 Å². The largest absolute Gasteiger partial charge is 0.454 e. The minimum atomic E-state index is -0.604. The zero-order valence-corrected chi connectivity index (χ0v) is 12.3. The predicted octanol–water partition coefficient (Wildman–Crippen LogP) is 3.22. The normalized spacial score (nSPS) is 9.90. The molecule has 0 radical (unpaired) electrons. The van der Waals surface area contributed by atoms with Crippen molar-refractivity contribution in [1.29, 1.82) is 5.26 Å². The maximum Gasteiger partial charge on any atom is 0.338 e. The Morgan fingerprint density at radius 3 is 2.76 bits per heavy atom. The van der Waals surface area contributed by atoms with Gasteiger partial charge in [0.1, 0.15) is 0 Å². The summed E-state index contributed by atoms with van der Waals surface area (Å²) in [5, 5.41) is 8.78. The summed E-state index contributed by atoms with van der Waals surface area (Å²) in [4.78, 5) is 25.4. The molecule has 5 heteroatoms. The van der Waals surface area contributed by atoms with Gasteiger partial charge in [-0.2, -0.15) is 5.26 Å². The van der Waals surface area contributed by atoms with Crippen LogP contribution in [-0.2, 0) is 11.2 Å². The highest BCUT2D eigenvalue weighted by Crippen LogP contribution is 2.17. The molecule has 21 heavy (non-hydrogen) atoms. The topological polar surface area (TPSA) is 67.2 Å². The van der Waals surface area contributed by atoms with Crippen molar-refractivity contribution in [3.63, 3.8) is 0 Å². The fourth-order valence-electron chi connectivity index (χ4n) is 1.72. The zero-order valence-electron chi connectivity index (χ0n) is 11.5. The van der Waals surface area contributed by atoms with E-state index in [-0.39, 0.29) is 18.0 Å². The van der Waals surface area contributed by atoms with Crippen LogP contribution in [0.4, 0.5) is 0 Å². The molecule has 0 amide bonds. The van der Waals surface area contributed by atoms with E-state index < -0.39 is 5.97 Å². The van der Waals surface area contributed by atoms with Crippen LogP contribution in [0.5, 0.6) is 0 Å². The molecule has 0 aliphatic heterocycles. The monoisotopic (exact) mass is 299 g/mol. The number of carbonyl (C=O) groups is 2. The van der Waals surface area contributed by atoms with Crippen LogP contribution < -0.4 is 0 Å². The number of benzene rings is 1. The minimum Gasteiger partial charge on any atom is -0.454 e. The third-order valence-corrected chi connectivity index (χ3v) is 4.12. The molecule has 0 bridgehead atoms. The number of thiophene rings is 1. The van der Waals surface area contributed by atoms with E-state index in [2.05, 4.69) is 0 Å². The van der Waals surface area contributed by atoms with Crippen molar-refractivity contribution in [1.82, 2.24) is 0 Å². The van der Waals surface area contributed by atoms with E-state index in [4.69, 9.17) is 10.00 Å². The Bertz CT molecular complexity index is 712. The van der Waals surface area contributed by atoms with Gasteiger partial charge in [0.2, 0.25) is 5.78 Å². The lowest BCUT2D eigenvalue weighted by atomic mass is 10.1. The number of hydrogen-bond acceptors (Lipinski definition) is 5. The summed E-state index contributed by atoms with van der Waals surface area (Å²) in [5.74, 6) is -0.822. The fraction of sp³-hybridized carbons (Fsp3) is 0.188. The Hall–Kier alpha value is -2.45. The SMILES string of the molecule is CCc1ccc(C(=O)COC(=O)c2cccc(C#N)c2)s1. The van der Waals surface area contributed by atoms with Crippen LogP contribution in [0.2, 0.25) is 0 Å². The molecule has 1 heterocycles. The highest BCUT2D eigenvalue weighted by molar-refractivity contribution is 7.14. The number of nitriles is 1. The van der Waals surface area contributed by atoms with Gasteiger partial charge in [-0.15, -0.1) is 11.3 Å². The molecule has 0 unspecified atom stereocenters. The molecule has 0 saturated heterocycles. The third kappa shape index (κ3) is 3.77. The van der Waals surface area contributed by atoms with Crippen LogP contribution in [0.15, 0.2) is 36.4 Å². The number of Topliss-reactive ketones (excluding diaryl/α,β-unsaturated/α-hetero) is 1. The van der Waals surface area contributed by atoms with Crippen LogP contribution in [0.1, 0.15) is 37.4 Å². The van der Waals surface area contributed by atoms with Crippen molar-refractivity contribution < 1.29 is 14.3 Å². The van der Waals surface area contributed by atoms with E-state index >= 15 is 0 Å². The first-order valence-electron chi connectivity index (χ1n) is 6.43. The Morgan fingerprint density at radius 1 is 1.29 bits per heavy atom. The van der Waals surface area contributed by atoms with Gasteiger partial charge in [0.25, 0.3) is 0 Å². The van der Waals surface area contributed by atoms with Gasteiger partial charge >= 0.3 is 5.97 Å². The van der Waals surface area contributed by atoms with Crippen molar-refractivity contribution in [2.75, 3.05) is 6.61 Å². The minimum absolute atomic E-state index is 0.218. The van der Waals surface area contributed by atoms with E-state index in [1.54, 1.807) is 24.3 Å². The van der Waals surface area contributed by atoms with Crippen LogP contribution in [0.3, 0.4) is 0 Å². The van der Waals surface area contributed by atoms with Crippen molar-refractivity contribution in [3.8, 4) is 6.07 Å². The summed E-state index contributed by atoms with van der Waals surface area (Å²) in [6.07, 6.45) is 0.874. The summed E-state index contributed by atoms with van der Waals surface area (Å²) in [5.41, 5.74) is 0.642. The number of aryl methyl sites for hydroxylation is 1. The molecule has 106 valence electrons. The van der Waals surface area contributed by atoms with E-state index in [0.717, 1.165) is 11.3 Å². The summed E-state index contributed by atoms with van der Waals surface area (Å²) >= 11 is 1.41. The maximum atomic E-state index is 11.9. The molecule has 0 N–H and O–H groups in total. The molecular formula is C16H13NO3S. The van der Waals surface area contributed by atoms with Gasteiger partial charge in [-0.3, -0.25) is 4.79 Å². The highest BCUT2D eigenvalue weighted by Gasteiger charge is 2.13. The second-order valence-electron chi connectivity index (χ2n) is 4.31. The highest BCUT2D eigenvalue weighted by atomic mass is 32.1. The lowest BCUT2D eigenvalue weighted by Crippen LogP contribution is -2.13. The molecule has 0 spiro atoms. The molecule has 1 aromatic heterocycles. The molecule has 4 nitrogen and oxygen atoms in total. The molecule has 0 aliphatic carbocycles. The number of ketones is 1. The number of hydrogen-bond donors (Lipinski definition) is 0. The Morgan fingerprint density at radius 2 is 2.10 bits per heavy atom. The van der Waals surface area contributed by atoms with Crippen LogP contribution >= 0.6 is 11.3 Å². The second kappa shape index (κ2) is 6.82. The average Bonchev–Trinajstić information content (AvgIpc) is 3.01. The Labute approximate surface area is 126 Å². The zero-order chi connectivity index (χ0) is 15.2. The number of rotatable bonds is 5. The average molecular weight is 299 g/mol. The van der Waals surface area contributed by atoms with Crippen LogP contribution in [0.25, 0.3) is 0 Å². The lowest BCUT2D eigenvalue weighted by Gasteiger charge is -2.03. The number of carbonyl (C=O) groups excluding carboxylic acids is 2. The Balaban J connectivity index is 1.97. The van der Waals surface area contributed by atoms with Crippen molar-refractivity contribution in [3.05, 3.63) is 57.3 Å². The summed E-state index contributed by atoms with van der Waals surface area (Å²) in [7, 11) is 0.